The maximum atomic E-state index is 11.8. The van der Waals surface area contributed by atoms with E-state index in [9.17, 15) is 9.90 Å². The Labute approximate surface area is 118 Å². The Morgan fingerprint density at radius 3 is 2.79 bits per heavy atom. The van der Waals surface area contributed by atoms with E-state index in [1.54, 1.807) is 6.07 Å². The Morgan fingerprint density at radius 1 is 1.53 bits per heavy atom. The zero-order valence-electron chi connectivity index (χ0n) is 11.0. The number of carbonyl (C=O) groups is 1. The third-order valence-electron chi connectivity index (χ3n) is 2.59. The van der Waals surface area contributed by atoms with Gasteiger partial charge in [0.05, 0.1) is 16.7 Å². The zero-order chi connectivity index (χ0) is 14.4. The zero-order valence-corrected chi connectivity index (χ0v) is 11.7. The van der Waals surface area contributed by atoms with Crippen molar-refractivity contribution in [2.75, 3.05) is 6.54 Å². The number of hydrogen-bond donors (Lipinski definition) is 2. The van der Waals surface area contributed by atoms with Crippen LogP contribution in [-0.4, -0.2) is 23.7 Å². The van der Waals surface area contributed by atoms with Gasteiger partial charge < -0.3 is 10.4 Å². The van der Waals surface area contributed by atoms with Crippen LogP contribution in [0.15, 0.2) is 18.2 Å². The number of nitrogens with zero attached hydrogens (tertiary/aromatic N) is 1. The van der Waals surface area contributed by atoms with Crippen LogP contribution in [0.3, 0.4) is 0 Å². The summed E-state index contributed by atoms with van der Waals surface area (Å²) in [6, 6.07) is 6.42. The average molecular weight is 281 g/mol. The van der Waals surface area contributed by atoms with Gasteiger partial charge in [-0.25, -0.2) is 0 Å². The molecular formula is C14H17ClN2O2. The lowest BCUT2D eigenvalue weighted by molar-refractivity contribution is 0.0900. The second-order valence-corrected chi connectivity index (χ2v) is 5.21. The molecule has 1 rings (SSSR count). The standard InChI is InChI=1S/C14H17ClN2O2/c1-9(2)5-12(18)8-17-14(19)10-3-4-13(15)11(6-10)7-16/h3-4,6,9,12,18H,5,8H2,1-2H3,(H,17,19)/t12-/m0/s1. The average Bonchev–Trinajstić information content (AvgIpc) is 2.35. The van der Waals surface area contributed by atoms with E-state index in [1.807, 2.05) is 19.9 Å². The lowest BCUT2D eigenvalue weighted by Gasteiger charge is -2.14. The van der Waals surface area contributed by atoms with Crippen molar-refractivity contribution in [3.8, 4) is 6.07 Å². The van der Waals surface area contributed by atoms with Crippen LogP contribution in [0.25, 0.3) is 0 Å². The summed E-state index contributed by atoms with van der Waals surface area (Å²) in [6.45, 7) is 4.20. The molecule has 5 heteroatoms. The number of halogens is 1. The summed E-state index contributed by atoms with van der Waals surface area (Å²) in [7, 11) is 0. The molecule has 102 valence electrons. The molecule has 1 atom stereocenters. The maximum absolute atomic E-state index is 11.8. The van der Waals surface area contributed by atoms with Crippen molar-refractivity contribution >= 4 is 17.5 Å². The number of rotatable bonds is 5. The highest BCUT2D eigenvalue weighted by Gasteiger charge is 2.11. The molecule has 0 radical (unpaired) electrons. The molecule has 19 heavy (non-hydrogen) atoms. The van der Waals surface area contributed by atoms with Crippen LogP contribution in [0.2, 0.25) is 5.02 Å². The molecule has 0 saturated carbocycles. The highest BCUT2D eigenvalue weighted by Crippen LogP contribution is 2.16. The van der Waals surface area contributed by atoms with Crippen LogP contribution >= 0.6 is 11.6 Å². The quantitative estimate of drug-likeness (QED) is 0.869. The Balaban J connectivity index is 2.62. The van der Waals surface area contributed by atoms with E-state index in [1.165, 1.54) is 12.1 Å². The van der Waals surface area contributed by atoms with Crippen molar-refractivity contribution in [3.63, 3.8) is 0 Å². The Bertz CT molecular complexity index is 495. The Morgan fingerprint density at radius 2 is 2.21 bits per heavy atom. The minimum absolute atomic E-state index is 0.196. The van der Waals surface area contributed by atoms with Crippen molar-refractivity contribution in [3.05, 3.63) is 34.3 Å². The van der Waals surface area contributed by atoms with Crippen LogP contribution in [0, 0.1) is 17.2 Å². The van der Waals surface area contributed by atoms with Gasteiger partial charge in [0.1, 0.15) is 6.07 Å². The molecule has 1 aromatic carbocycles. The number of nitriles is 1. The fourth-order valence-electron chi connectivity index (χ4n) is 1.69. The van der Waals surface area contributed by atoms with Crippen molar-refractivity contribution < 1.29 is 9.90 Å². The smallest absolute Gasteiger partial charge is 0.251 e. The van der Waals surface area contributed by atoms with Crippen LogP contribution in [0.1, 0.15) is 36.2 Å². The lowest BCUT2D eigenvalue weighted by atomic mass is 10.1. The summed E-state index contributed by atoms with van der Waals surface area (Å²) >= 11 is 5.79. The van der Waals surface area contributed by atoms with Crippen LogP contribution < -0.4 is 5.32 Å². The summed E-state index contributed by atoms with van der Waals surface area (Å²) in [4.78, 5) is 11.8. The molecule has 1 aromatic rings. The summed E-state index contributed by atoms with van der Waals surface area (Å²) < 4.78 is 0. The van der Waals surface area contributed by atoms with Crippen molar-refractivity contribution in [1.29, 1.82) is 5.26 Å². The molecule has 0 aliphatic rings. The normalized spacial score (nSPS) is 12.0. The molecule has 2 N–H and O–H groups in total. The van der Waals surface area contributed by atoms with Gasteiger partial charge in [-0.2, -0.15) is 5.26 Å². The Kier molecular flexibility index (Phi) is 5.81. The van der Waals surface area contributed by atoms with Crippen molar-refractivity contribution in [1.82, 2.24) is 5.32 Å². The second kappa shape index (κ2) is 7.13. The highest BCUT2D eigenvalue weighted by molar-refractivity contribution is 6.31. The summed E-state index contributed by atoms with van der Waals surface area (Å²) in [5.41, 5.74) is 0.620. The number of aliphatic hydroxyl groups is 1. The first-order valence-electron chi connectivity index (χ1n) is 6.10. The predicted molar refractivity (Wildman–Crippen MR) is 74.0 cm³/mol. The topological polar surface area (TPSA) is 73.1 Å². The maximum Gasteiger partial charge on any atom is 0.251 e. The SMILES string of the molecule is CC(C)C[C@H](O)CNC(=O)c1ccc(Cl)c(C#N)c1. The van der Waals surface area contributed by atoms with Gasteiger partial charge in [0, 0.05) is 12.1 Å². The highest BCUT2D eigenvalue weighted by atomic mass is 35.5. The molecular weight excluding hydrogens is 264 g/mol. The van der Waals surface area contributed by atoms with Crippen molar-refractivity contribution in [2.45, 2.75) is 26.4 Å². The predicted octanol–water partition coefficient (Wildman–Crippen LogP) is 2.35. The Hall–Kier alpha value is -1.57. The van der Waals surface area contributed by atoms with Crippen molar-refractivity contribution in [2.24, 2.45) is 5.92 Å². The minimum Gasteiger partial charge on any atom is -0.391 e. The number of nitrogens with one attached hydrogen (secondary N) is 1. The van der Waals surface area contributed by atoms with Gasteiger partial charge in [-0.15, -0.1) is 0 Å². The summed E-state index contributed by atoms with van der Waals surface area (Å²) in [6.07, 6.45) is 0.0661. The molecule has 0 saturated heterocycles. The van der Waals surface area contributed by atoms with E-state index in [-0.39, 0.29) is 18.0 Å². The number of carbonyl (C=O) groups excluding carboxylic acids is 1. The van der Waals surface area contributed by atoms with E-state index in [0.29, 0.717) is 22.9 Å². The molecule has 0 spiro atoms. The van der Waals surface area contributed by atoms with E-state index in [4.69, 9.17) is 16.9 Å². The van der Waals surface area contributed by atoms with E-state index in [2.05, 4.69) is 5.32 Å². The van der Waals surface area contributed by atoms with Gasteiger partial charge in [0.25, 0.3) is 5.91 Å². The number of hydrogen-bond acceptors (Lipinski definition) is 3. The van der Waals surface area contributed by atoms with Gasteiger partial charge in [-0.3, -0.25) is 4.79 Å². The van der Waals surface area contributed by atoms with Crippen LogP contribution in [0.4, 0.5) is 0 Å². The molecule has 4 nitrogen and oxygen atoms in total. The lowest BCUT2D eigenvalue weighted by Crippen LogP contribution is -2.32. The van der Waals surface area contributed by atoms with E-state index < -0.39 is 6.10 Å². The third kappa shape index (κ3) is 4.90. The number of aliphatic hydroxyl groups excluding tert-OH is 1. The van der Waals surface area contributed by atoms with Gasteiger partial charge in [-0.05, 0) is 30.5 Å². The minimum atomic E-state index is -0.563. The molecule has 0 bridgehead atoms. The van der Waals surface area contributed by atoms with E-state index in [0.717, 1.165) is 0 Å². The first kappa shape index (κ1) is 15.5. The van der Waals surface area contributed by atoms with E-state index >= 15 is 0 Å². The molecule has 0 heterocycles. The fraction of sp³-hybridized carbons (Fsp3) is 0.429. The second-order valence-electron chi connectivity index (χ2n) is 4.80. The van der Waals surface area contributed by atoms with Gasteiger partial charge in [0.2, 0.25) is 0 Å². The number of benzene rings is 1. The third-order valence-corrected chi connectivity index (χ3v) is 2.92. The number of amides is 1. The van der Waals surface area contributed by atoms with Gasteiger partial charge >= 0.3 is 0 Å². The monoisotopic (exact) mass is 280 g/mol. The molecule has 0 unspecified atom stereocenters. The molecule has 0 aliphatic heterocycles. The fourth-order valence-corrected chi connectivity index (χ4v) is 1.85. The molecule has 0 aliphatic carbocycles. The first-order valence-corrected chi connectivity index (χ1v) is 6.47. The van der Waals surface area contributed by atoms with Crippen LogP contribution in [0.5, 0.6) is 0 Å². The summed E-state index contributed by atoms with van der Waals surface area (Å²) in [5.74, 6) is 0.0450. The largest absolute Gasteiger partial charge is 0.391 e. The first-order chi connectivity index (χ1) is 8.93. The van der Waals surface area contributed by atoms with Gasteiger partial charge in [-0.1, -0.05) is 25.4 Å². The molecule has 1 amide bonds. The molecule has 0 fully saturated rings. The van der Waals surface area contributed by atoms with Gasteiger partial charge in [0.15, 0.2) is 0 Å². The summed E-state index contributed by atoms with van der Waals surface area (Å²) in [5, 5.41) is 21.5. The van der Waals surface area contributed by atoms with Crippen LogP contribution in [-0.2, 0) is 0 Å². The molecule has 0 aromatic heterocycles.